The Bertz CT molecular complexity index is 1030. The van der Waals surface area contributed by atoms with E-state index in [4.69, 9.17) is 0 Å². The van der Waals surface area contributed by atoms with Crippen LogP contribution in [0.1, 0.15) is 29.6 Å². The molecule has 1 heterocycles. The molecule has 2 aromatic rings. The number of amides is 1. The third kappa shape index (κ3) is 4.73. The number of carbonyl (C=O) groups excluding carboxylic acids is 1. The number of β-amino-alcohol motifs (C(OH)–C–C–N with tert-alkyl or cyclic N) is 1. The summed E-state index contributed by atoms with van der Waals surface area (Å²) in [6, 6.07) is 6.08. The molecule has 172 valence electrons. The Morgan fingerprint density at radius 2 is 1.91 bits per heavy atom. The van der Waals surface area contributed by atoms with Gasteiger partial charge in [-0.15, -0.1) is 0 Å². The summed E-state index contributed by atoms with van der Waals surface area (Å²) in [6.45, 7) is 0.200. The fourth-order valence-corrected chi connectivity index (χ4v) is 4.62. The van der Waals surface area contributed by atoms with Crippen LogP contribution in [0.3, 0.4) is 0 Å². The summed E-state index contributed by atoms with van der Waals surface area (Å²) in [5, 5.41) is 26.2. The van der Waals surface area contributed by atoms with Crippen molar-refractivity contribution in [3.63, 3.8) is 0 Å². The topological polar surface area (TPSA) is 84.8 Å². The first-order chi connectivity index (χ1) is 15.2. The molecule has 32 heavy (non-hydrogen) atoms. The van der Waals surface area contributed by atoms with E-state index < -0.39 is 40.8 Å². The van der Waals surface area contributed by atoms with Crippen molar-refractivity contribution in [3.8, 4) is 0 Å². The summed E-state index contributed by atoms with van der Waals surface area (Å²) in [7, 11) is 0. The fourth-order valence-electron chi connectivity index (χ4n) is 4.17. The number of hydrogen-bond donors (Lipinski definition) is 4. The number of likely N-dealkylation sites (tertiary alicyclic amines) is 1. The molecular weight excluding hydrogens is 538 g/mol. The first-order valence-electron chi connectivity index (χ1n) is 10.3. The second kappa shape index (κ2) is 9.16. The van der Waals surface area contributed by atoms with E-state index in [-0.39, 0.29) is 36.9 Å². The van der Waals surface area contributed by atoms with E-state index in [2.05, 4.69) is 10.6 Å². The first kappa shape index (κ1) is 23.3. The zero-order chi connectivity index (χ0) is 23.0. The summed E-state index contributed by atoms with van der Waals surface area (Å²) in [5.41, 5.74) is -1.89. The predicted molar refractivity (Wildman–Crippen MR) is 121 cm³/mol. The van der Waals surface area contributed by atoms with Gasteiger partial charge in [0.1, 0.15) is 11.4 Å². The van der Waals surface area contributed by atoms with Gasteiger partial charge >= 0.3 is 0 Å². The quantitative estimate of drug-likeness (QED) is 0.408. The molecule has 2 atom stereocenters. The van der Waals surface area contributed by atoms with Gasteiger partial charge in [0.2, 0.25) is 0 Å². The highest BCUT2D eigenvalue weighted by Gasteiger charge is 2.45. The van der Waals surface area contributed by atoms with E-state index in [0.717, 1.165) is 25.0 Å². The van der Waals surface area contributed by atoms with Crippen LogP contribution in [0.2, 0.25) is 0 Å². The van der Waals surface area contributed by atoms with Crippen molar-refractivity contribution in [2.24, 2.45) is 0 Å². The lowest BCUT2D eigenvalue weighted by molar-refractivity contribution is -0.0810. The number of hydrogen-bond acceptors (Lipinski definition) is 5. The largest absolute Gasteiger partial charge is 0.392 e. The molecular formula is C22H23F3IN3O3. The molecule has 1 aliphatic heterocycles. The highest BCUT2D eigenvalue weighted by atomic mass is 127. The zero-order valence-corrected chi connectivity index (χ0v) is 19.2. The minimum Gasteiger partial charge on any atom is -0.392 e. The van der Waals surface area contributed by atoms with Crippen LogP contribution in [0.4, 0.5) is 24.5 Å². The number of benzene rings is 2. The van der Waals surface area contributed by atoms with Crippen LogP contribution in [0.15, 0.2) is 30.3 Å². The summed E-state index contributed by atoms with van der Waals surface area (Å²) in [6.07, 6.45) is 2.00. The minimum absolute atomic E-state index is 0.00201. The zero-order valence-electron chi connectivity index (χ0n) is 17.0. The highest BCUT2D eigenvalue weighted by Crippen LogP contribution is 2.32. The average Bonchev–Trinajstić information content (AvgIpc) is 3.14. The molecule has 1 amide bonds. The molecule has 0 unspecified atom stereocenters. The van der Waals surface area contributed by atoms with E-state index >= 15 is 0 Å². The Balaban J connectivity index is 1.48. The average molecular weight is 561 g/mol. The maximum atomic E-state index is 14.6. The molecule has 2 fully saturated rings. The second-order valence-corrected chi connectivity index (χ2v) is 9.65. The Hall–Kier alpha value is -1.89. The van der Waals surface area contributed by atoms with Gasteiger partial charge in [-0.05, 0) is 72.2 Å². The number of aliphatic hydroxyl groups is 2. The SMILES string of the molecule is O=C(c1ccc(F)c(F)c1Nc1ccc(I)cc1F)N1CC(O)(CN[C@H]2CCC[C@@H]2O)C1. The molecule has 1 aliphatic carbocycles. The standard InChI is InChI=1S/C22H23F3IN3O3/c23-14-6-5-13(20(19(14)25)28-16-7-4-12(26)8-15(16)24)21(31)29-10-22(32,11-29)9-27-17-2-1-3-18(17)30/h4-8,17-18,27-28,30,32H,1-3,9-11H2/t17-,18-/m0/s1. The monoisotopic (exact) mass is 561 g/mol. The van der Waals surface area contributed by atoms with Gasteiger partial charge < -0.3 is 25.7 Å². The van der Waals surface area contributed by atoms with E-state index in [1.54, 1.807) is 6.07 Å². The predicted octanol–water partition coefficient (Wildman–Crippen LogP) is 3.14. The molecule has 4 N–H and O–H groups in total. The third-order valence-corrected chi connectivity index (χ3v) is 6.62. The number of nitrogens with one attached hydrogen (secondary N) is 2. The van der Waals surface area contributed by atoms with Crippen molar-refractivity contribution in [2.75, 3.05) is 25.0 Å². The van der Waals surface area contributed by atoms with Crippen LogP contribution < -0.4 is 10.6 Å². The lowest BCUT2D eigenvalue weighted by atomic mass is 9.92. The van der Waals surface area contributed by atoms with Gasteiger partial charge in [0, 0.05) is 16.2 Å². The number of halogens is 4. The van der Waals surface area contributed by atoms with Gasteiger partial charge in [-0.1, -0.05) is 0 Å². The smallest absolute Gasteiger partial charge is 0.256 e. The van der Waals surface area contributed by atoms with E-state index in [1.807, 2.05) is 22.6 Å². The van der Waals surface area contributed by atoms with Crippen LogP contribution in [-0.2, 0) is 0 Å². The summed E-state index contributed by atoms with van der Waals surface area (Å²) in [4.78, 5) is 14.3. The highest BCUT2D eigenvalue weighted by molar-refractivity contribution is 14.1. The molecule has 1 saturated carbocycles. The second-order valence-electron chi connectivity index (χ2n) is 8.40. The number of aliphatic hydroxyl groups excluding tert-OH is 1. The Labute approximate surface area is 196 Å². The van der Waals surface area contributed by atoms with E-state index in [9.17, 15) is 28.2 Å². The van der Waals surface area contributed by atoms with Gasteiger partial charge in [0.05, 0.1) is 36.1 Å². The molecule has 10 heteroatoms. The molecule has 2 aliphatic rings. The maximum Gasteiger partial charge on any atom is 0.256 e. The molecule has 0 bridgehead atoms. The van der Waals surface area contributed by atoms with Crippen molar-refractivity contribution in [2.45, 2.75) is 37.0 Å². The van der Waals surface area contributed by atoms with Crippen LogP contribution in [-0.4, -0.2) is 58.4 Å². The number of anilines is 2. The molecule has 1 saturated heterocycles. The van der Waals surface area contributed by atoms with Crippen molar-refractivity contribution < 1.29 is 28.2 Å². The van der Waals surface area contributed by atoms with Gasteiger partial charge in [0.15, 0.2) is 11.6 Å². The van der Waals surface area contributed by atoms with Gasteiger partial charge in [0.25, 0.3) is 5.91 Å². The molecule has 4 rings (SSSR count). The lowest BCUT2D eigenvalue weighted by Crippen LogP contribution is -2.68. The Kier molecular flexibility index (Phi) is 6.66. The lowest BCUT2D eigenvalue weighted by Gasteiger charge is -2.47. The molecule has 6 nitrogen and oxygen atoms in total. The minimum atomic E-state index is -1.29. The van der Waals surface area contributed by atoms with E-state index in [0.29, 0.717) is 9.99 Å². The third-order valence-electron chi connectivity index (χ3n) is 5.95. The van der Waals surface area contributed by atoms with Crippen LogP contribution in [0, 0.1) is 21.0 Å². The van der Waals surface area contributed by atoms with Crippen LogP contribution >= 0.6 is 22.6 Å². The van der Waals surface area contributed by atoms with Crippen molar-refractivity contribution in [1.82, 2.24) is 10.2 Å². The van der Waals surface area contributed by atoms with E-state index in [1.165, 1.54) is 17.0 Å². The molecule has 2 aromatic carbocycles. The molecule has 0 aromatic heterocycles. The fraction of sp³-hybridized carbons (Fsp3) is 0.409. The number of carbonyl (C=O) groups is 1. The van der Waals surface area contributed by atoms with Crippen molar-refractivity contribution in [1.29, 1.82) is 0 Å². The van der Waals surface area contributed by atoms with Crippen LogP contribution in [0.5, 0.6) is 0 Å². The molecule has 0 spiro atoms. The van der Waals surface area contributed by atoms with Crippen molar-refractivity contribution >= 4 is 39.9 Å². The van der Waals surface area contributed by atoms with Crippen molar-refractivity contribution in [3.05, 3.63) is 56.9 Å². The Morgan fingerprint density at radius 1 is 1.16 bits per heavy atom. The summed E-state index contributed by atoms with van der Waals surface area (Å²) >= 11 is 1.92. The Morgan fingerprint density at radius 3 is 2.56 bits per heavy atom. The first-order valence-corrected chi connectivity index (χ1v) is 11.4. The van der Waals surface area contributed by atoms with Gasteiger partial charge in [-0.25, -0.2) is 13.2 Å². The van der Waals surface area contributed by atoms with Gasteiger partial charge in [-0.3, -0.25) is 4.79 Å². The summed E-state index contributed by atoms with van der Waals surface area (Å²) in [5.74, 6) is -3.74. The van der Waals surface area contributed by atoms with Gasteiger partial charge in [-0.2, -0.15) is 0 Å². The maximum absolute atomic E-state index is 14.6. The number of nitrogens with zero attached hydrogens (tertiary/aromatic N) is 1. The number of rotatable bonds is 6. The molecule has 0 radical (unpaired) electrons. The summed E-state index contributed by atoms with van der Waals surface area (Å²) < 4.78 is 43.3. The van der Waals surface area contributed by atoms with Crippen LogP contribution in [0.25, 0.3) is 0 Å². The normalized spacial score (nSPS) is 22.0.